The van der Waals surface area contributed by atoms with Gasteiger partial charge in [-0.25, -0.2) is 0 Å². The average molecular weight is 340 g/mol. The Morgan fingerprint density at radius 2 is 0.960 bits per heavy atom. The molecule has 0 spiro atoms. The third kappa shape index (κ3) is 1.68. The maximum atomic E-state index is 13.0. The number of fused-ring (bicyclic) bond motifs is 5. The van der Waals surface area contributed by atoms with Gasteiger partial charge in [-0.15, -0.1) is 11.3 Å². The monoisotopic (exact) mass is 340 g/mol. The molecular formula is C22H12O2S. The summed E-state index contributed by atoms with van der Waals surface area (Å²) in [5.74, 6) is -0.0795. The molecule has 2 nitrogen and oxygen atoms in total. The van der Waals surface area contributed by atoms with E-state index in [0.29, 0.717) is 20.9 Å². The summed E-state index contributed by atoms with van der Waals surface area (Å²) < 4.78 is 0. The number of carbonyl (C=O) groups is 2. The maximum absolute atomic E-state index is 13.0. The molecule has 0 saturated heterocycles. The topological polar surface area (TPSA) is 34.1 Å². The van der Waals surface area contributed by atoms with Gasteiger partial charge >= 0.3 is 0 Å². The lowest BCUT2D eigenvalue weighted by Crippen LogP contribution is -2.15. The van der Waals surface area contributed by atoms with Gasteiger partial charge in [0.25, 0.3) is 0 Å². The number of carbonyl (C=O) groups excluding carboxylic acids is 2. The van der Waals surface area contributed by atoms with E-state index in [1.54, 1.807) is 0 Å². The Labute approximate surface area is 148 Å². The van der Waals surface area contributed by atoms with E-state index < -0.39 is 0 Å². The molecule has 0 N–H and O–H groups in total. The molecule has 0 aliphatic heterocycles. The smallest absolute Gasteiger partial charge is 0.204 e. The minimum Gasteiger partial charge on any atom is -0.288 e. The van der Waals surface area contributed by atoms with Gasteiger partial charge in [0.2, 0.25) is 11.6 Å². The van der Waals surface area contributed by atoms with Crippen molar-refractivity contribution in [3.05, 3.63) is 105 Å². The van der Waals surface area contributed by atoms with Gasteiger partial charge in [-0.2, -0.15) is 0 Å². The van der Waals surface area contributed by atoms with Gasteiger partial charge in [-0.1, -0.05) is 61.7 Å². The highest BCUT2D eigenvalue weighted by atomic mass is 32.1. The van der Waals surface area contributed by atoms with Gasteiger partial charge < -0.3 is 0 Å². The molecule has 0 bridgehead atoms. The maximum Gasteiger partial charge on any atom is 0.204 e. The molecule has 0 fully saturated rings. The third-order valence-corrected chi connectivity index (χ3v) is 6.11. The molecule has 2 aromatic carbocycles. The van der Waals surface area contributed by atoms with Crippen LogP contribution in [0.2, 0.25) is 0 Å². The molecule has 5 rings (SSSR count). The van der Waals surface area contributed by atoms with E-state index in [1.807, 2.05) is 48.5 Å². The molecule has 0 unspecified atom stereocenters. The summed E-state index contributed by atoms with van der Waals surface area (Å²) in [6.45, 7) is 8.46. The van der Waals surface area contributed by atoms with Gasteiger partial charge in [-0.3, -0.25) is 9.59 Å². The fourth-order valence-electron chi connectivity index (χ4n) is 3.73. The predicted octanol–water partition coefficient (Wildman–Crippen LogP) is 4.96. The molecular weight excluding hydrogens is 328 g/mol. The van der Waals surface area contributed by atoms with Crippen molar-refractivity contribution < 1.29 is 9.59 Å². The average Bonchev–Trinajstić information content (AvgIpc) is 3.06. The molecule has 1 aromatic heterocycles. The lowest BCUT2D eigenvalue weighted by atomic mass is 9.78. The standard InChI is InChI=1S/C22H12O2S/c1-11-13-7-3-5-9-15(13)19(23)21-17(11)18-12(2)14-8-4-6-10-16(14)20(24)22(18)25-21/h3-10H,1-2H2. The van der Waals surface area contributed by atoms with Gasteiger partial charge in [-0.05, 0) is 22.3 Å². The molecule has 25 heavy (non-hydrogen) atoms. The SMILES string of the molecule is C=C1c2ccccc2C(=O)c2sc3c(c21)C(=C)c1ccccc1C3=O. The van der Waals surface area contributed by atoms with Crippen LogP contribution in [0.4, 0.5) is 0 Å². The molecule has 2 aliphatic carbocycles. The van der Waals surface area contributed by atoms with Crippen molar-refractivity contribution in [1.29, 1.82) is 0 Å². The van der Waals surface area contributed by atoms with Crippen molar-refractivity contribution in [2.45, 2.75) is 0 Å². The molecule has 3 heteroatoms. The Morgan fingerprint density at radius 1 is 0.600 bits per heavy atom. The van der Waals surface area contributed by atoms with Gasteiger partial charge in [0, 0.05) is 22.3 Å². The highest BCUT2D eigenvalue weighted by molar-refractivity contribution is 7.17. The van der Waals surface area contributed by atoms with Crippen molar-refractivity contribution in [1.82, 2.24) is 0 Å². The van der Waals surface area contributed by atoms with Crippen LogP contribution in [0.5, 0.6) is 0 Å². The fourth-order valence-corrected chi connectivity index (χ4v) is 4.99. The van der Waals surface area contributed by atoms with Gasteiger partial charge in [0.15, 0.2) is 0 Å². The van der Waals surface area contributed by atoms with Crippen molar-refractivity contribution in [2.24, 2.45) is 0 Å². The highest BCUT2D eigenvalue weighted by Crippen LogP contribution is 2.48. The molecule has 2 aliphatic rings. The van der Waals surface area contributed by atoms with E-state index in [-0.39, 0.29) is 11.6 Å². The normalized spacial score (nSPS) is 14.7. The van der Waals surface area contributed by atoms with E-state index in [2.05, 4.69) is 13.2 Å². The Morgan fingerprint density at radius 3 is 1.36 bits per heavy atom. The Kier molecular flexibility index (Phi) is 2.72. The first kappa shape index (κ1) is 14.3. The lowest BCUT2D eigenvalue weighted by molar-refractivity contribution is 0.103. The second-order valence-electron chi connectivity index (χ2n) is 6.22. The Balaban J connectivity index is 1.84. The first-order chi connectivity index (χ1) is 12.1. The van der Waals surface area contributed by atoms with Crippen LogP contribution in [-0.4, -0.2) is 11.6 Å². The highest BCUT2D eigenvalue weighted by Gasteiger charge is 2.37. The predicted molar refractivity (Wildman–Crippen MR) is 100 cm³/mol. The molecule has 1 heterocycles. The lowest BCUT2D eigenvalue weighted by Gasteiger charge is -2.22. The third-order valence-electron chi connectivity index (χ3n) is 4.92. The zero-order chi connectivity index (χ0) is 17.3. The van der Waals surface area contributed by atoms with E-state index >= 15 is 0 Å². The summed E-state index contributed by atoms with van der Waals surface area (Å²) in [7, 11) is 0. The molecule has 3 aromatic rings. The first-order valence-electron chi connectivity index (χ1n) is 7.93. The summed E-state index contributed by atoms with van der Waals surface area (Å²) in [6, 6.07) is 14.9. The molecule has 0 radical (unpaired) electrons. The largest absolute Gasteiger partial charge is 0.288 e. The summed E-state index contributed by atoms with van der Waals surface area (Å²) in [6.07, 6.45) is 0. The van der Waals surface area contributed by atoms with Gasteiger partial charge in [0.1, 0.15) is 0 Å². The minimum atomic E-state index is -0.0398. The van der Waals surface area contributed by atoms with Crippen LogP contribution < -0.4 is 0 Å². The zero-order valence-electron chi connectivity index (χ0n) is 13.3. The Hall–Kier alpha value is -3.04. The minimum absolute atomic E-state index is 0.0398. The van der Waals surface area contributed by atoms with E-state index in [4.69, 9.17) is 0 Å². The molecule has 0 amide bonds. The number of ketones is 2. The second kappa shape index (κ2) is 4.74. The van der Waals surface area contributed by atoms with Crippen molar-refractivity contribution >= 4 is 34.0 Å². The quantitative estimate of drug-likeness (QED) is 0.399. The van der Waals surface area contributed by atoms with Crippen LogP contribution >= 0.6 is 11.3 Å². The first-order valence-corrected chi connectivity index (χ1v) is 8.74. The van der Waals surface area contributed by atoms with E-state index in [0.717, 1.165) is 33.4 Å². The van der Waals surface area contributed by atoms with Crippen LogP contribution in [0.25, 0.3) is 11.1 Å². The molecule has 0 saturated carbocycles. The van der Waals surface area contributed by atoms with Crippen LogP contribution in [0, 0.1) is 0 Å². The number of hydrogen-bond acceptors (Lipinski definition) is 3. The number of thiophene rings is 1. The summed E-state index contributed by atoms with van der Waals surface area (Å²) in [5, 5.41) is 0. The second-order valence-corrected chi connectivity index (χ2v) is 7.24. The van der Waals surface area contributed by atoms with E-state index in [9.17, 15) is 9.59 Å². The summed E-state index contributed by atoms with van der Waals surface area (Å²) in [5.41, 5.74) is 6.09. The zero-order valence-corrected chi connectivity index (χ0v) is 14.1. The number of rotatable bonds is 0. The number of hydrogen-bond donors (Lipinski definition) is 0. The van der Waals surface area contributed by atoms with Crippen molar-refractivity contribution in [3.8, 4) is 0 Å². The van der Waals surface area contributed by atoms with Crippen LogP contribution in [0.15, 0.2) is 61.7 Å². The van der Waals surface area contributed by atoms with Gasteiger partial charge in [0.05, 0.1) is 9.75 Å². The van der Waals surface area contributed by atoms with Crippen LogP contribution in [0.3, 0.4) is 0 Å². The molecule has 118 valence electrons. The van der Waals surface area contributed by atoms with E-state index in [1.165, 1.54) is 11.3 Å². The van der Waals surface area contributed by atoms with Crippen LogP contribution in [-0.2, 0) is 0 Å². The fraction of sp³-hybridized carbons (Fsp3) is 0. The number of benzene rings is 2. The Bertz CT molecular complexity index is 1070. The van der Waals surface area contributed by atoms with Crippen molar-refractivity contribution in [2.75, 3.05) is 0 Å². The molecule has 0 atom stereocenters. The van der Waals surface area contributed by atoms with Crippen LogP contribution in [0.1, 0.15) is 52.7 Å². The summed E-state index contributed by atoms with van der Waals surface area (Å²) in [4.78, 5) is 27.2. The van der Waals surface area contributed by atoms with Crippen molar-refractivity contribution in [3.63, 3.8) is 0 Å². The summed E-state index contributed by atoms with van der Waals surface area (Å²) >= 11 is 1.27.